The van der Waals surface area contributed by atoms with Gasteiger partial charge in [-0.15, -0.1) is 0 Å². The third kappa shape index (κ3) is 4.46. The normalized spacial score (nSPS) is 21.3. The van der Waals surface area contributed by atoms with Crippen LogP contribution in [0.25, 0.3) is 0 Å². The Balaban J connectivity index is 1.85. The number of halogens is 3. The SMILES string of the molecule is CCOC(=O)c1coc(CCC[C@H]2NC(=N)C[C@@H]2C(F)(F)F)n1. The summed E-state index contributed by atoms with van der Waals surface area (Å²) in [5.41, 5.74) is 0.0517. The molecule has 0 aliphatic carbocycles. The van der Waals surface area contributed by atoms with E-state index in [2.05, 4.69) is 10.3 Å². The first kappa shape index (κ1) is 17.3. The molecule has 1 aliphatic heterocycles. The highest BCUT2D eigenvalue weighted by molar-refractivity contribution is 5.86. The Labute approximate surface area is 130 Å². The molecule has 2 N–H and O–H groups in total. The van der Waals surface area contributed by atoms with Crippen molar-refractivity contribution in [2.45, 2.75) is 44.8 Å². The molecular weight excluding hydrogens is 315 g/mol. The monoisotopic (exact) mass is 333 g/mol. The number of nitrogens with zero attached hydrogens (tertiary/aromatic N) is 1. The van der Waals surface area contributed by atoms with Gasteiger partial charge < -0.3 is 14.5 Å². The van der Waals surface area contributed by atoms with Gasteiger partial charge in [-0.2, -0.15) is 13.2 Å². The van der Waals surface area contributed by atoms with E-state index in [1.807, 2.05) is 0 Å². The number of carbonyl (C=O) groups excluding carboxylic acids is 1. The van der Waals surface area contributed by atoms with Crippen molar-refractivity contribution in [1.82, 2.24) is 10.3 Å². The van der Waals surface area contributed by atoms with E-state index >= 15 is 0 Å². The standard InChI is InChI=1S/C14H18F3N3O3/c1-2-22-13(21)10-7-23-12(20-10)5-3-4-9-8(14(15,16)17)6-11(18)19-9/h7-9H,2-6H2,1H3,(H2,18,19)/t8-,9+/m0/s1. The largest absolute Gasteiger partial charge is 0.461 e. The van der Waals surface area contributed by atoms with E-state index in [4.69, 9.17) is 14.6 Å². The molecule has 1 saturated heterocycles. The molecule has 0 saturated carbocycles. The summed E-state index contributed by atoms with van der Waals surface area (Å²) in [7, 11) is 0. The van der Waals surface area contributed by atoms with Crippen LogP contribution in [0, 0.1) is 11.3 Å². The second-order valence-corrected chi connectivity index (χ2v) is 5.32. The van der Waals surface area contributed by atoms with E-state index in [0.29, 0.717) is 12.8 Å². The first-order chi connectivity index (χ1) is 10.8. The fourth-order valence-corrected chi connectivity index (χ4v) is 2.56. The van der Waals surface area contributed by atoms with Crippen LogP contribution < -0.4 is 5.32 Å². The molecule has 0 aromatic carbocycles. The van der Waals surface area contributed by atoms with Gasteiger partial charge in [0.05, 0.1) is 18.4 Å². The number of aryl methyl sites for hydroxylation is 1. The van der Waals surface area contributed by atoms with E-state index < -0.39 is 24.1 Å². The quantitative estimate of drug-likeness (QED) is 0.782. The van der Waals surface area contributed by atoms with Crippen LogP contribution in [0.5, 0.6) is 0 Å². The van der Waals surface area contributed by atoms with Gasteiger partial charge in [0.25, 0.3) is 0 Å². The van der Waals surface area contributed by atoms with Gasteiger partial charge in [-0.3, -0.25) is 5.41 Å². The molecule has 2 rings (SSSR count). The second kappa shape index (κ2) is 7.01. The minimum Gasteiger partial charge on any atom is -0.461 e. The Hall–Kier alpha value is -2.06. The molecule has 0 unspecified atom stereocenters. The van der Waals surface area contributed by atoms with Gasteiger partial charge in [0, 0.05) is 18.9 Å². The molecule has 1 aliphatic rings. The van der Waals surface area contributed by atoms with Crippen LogP contribution in [-0.4, -0.2) is 35.6 Å². The van der Waals surface area contributed by atoms with Crippen molar-refractivity contribution in [3.8, 4) is 0 Å². The number of esters is 1. The maximum Gasteiger partial charge on any atom is 0.394 e. The predicted molar refractivity (Wildman–Crippen MR) is 74.2 cm³/mol. The summed E-state index contributed by atoms with van der Waals surface area (Å²) < 4.78 is 48.5. The second-order valence-electron chi connectivity index (χ2n) is 5.32. The molecule has 0 radical (unpaired) electrons. The lowest BCUT2D eigenvalue weighted by atomic mass is 9.95. The molecule has 2 heterocycles. The van der Waals surface area contributed by atoms with Crippen molar-refractivity contribution in [3.05, 3.63) is 17.8 Å². The average Bonchev–Trinajstić information content (AvgIpc) is 3.05. The molecule has 0 amide bonds. The average molecular weight is 333 g/mol. The third-order valence-corrected chi connectivity index (χ3v) is 3.63. The molecule has 0 bridgehead atoms. The highest BCUT2D eigenvalue weighted by atomic mass is 19.4. The van der Waals surface area contributed by atoms with Crippen molar-refractivity contribution in [2.24, 2.45) is 5.92 Å². The number of carbonyl (C=O) groups is 1. The van der Waals surface area contributed by atoms with Crippen LogP contribution in [0.1, 0.15) is 42.6 Å². The number of hydrogen-bond donors (Lipinski definition) is 2. The summed E-state index contributed by atoms with van der Waals surface area (Å²) in [6.45, 7) is 1.89. The molecule has 2 atom stereocenters. The molecule has 9 heteroatoms. The van der Waals surface area contributed by atoms with Gasteiger partial charge in [-0.1, -0.05) is 0 Å². The van der Waals surface area contributed by atoms with Crippen molar-refractivity contribution in [1.29, 1.82) is 5.41 Å². The van der Waals surface area contributed by atoms with Gasteiger partial charge in [0.1, 0.15) is 6.26 Å². The molecule has 1 fully saturated rings. The Kier molecular flexibility index (Phi) is 5.27. The highest BCUT2D eigenvalue weighted by Crippen LogP contribution is 2.36. The van der Waals surface area contributed by atoms with E-state index in [1.54, 1.807) is 6.92 Å². The molecule has 128 valence electrons. The van der Waals surface area contributed by atoms with Crippen LogP contribution in [0.2, 0.25) is 0 Å². The number of rotatable bonds is 6. The Morgan fingerprint density at radius 3 is 2.96 bits per heavy atom. The highest BCUT2D eigenvalue weighted by Gasteiger charge is 2.48. The van der Waals surface area contributed by atoms with Crippen LogP contribution in [0.3, 0.4) is 0 Å². The number of nitrogens with one attached hydrogen (secondary N) is 2. The number of hydrogen-bond acceptors (Lipinski definition) is 5. The van der Waals surface area contributed by atoms with Crippen LogP contribution in [0.15, 0.2) is 10.7 Å². The molecule has 23 heavy (non-hydrogen) atoms. The summed E-state index contributed by atoms with van der Waals surface area (Å²) in [4.78, 5) is 15.4. The third-order valence-electron chi connectivity index (χ3n) is 3.63. The summed E-state index contributed by atoms with van der Waals surface area (Å²) in [5, 5.41) is 9.96. The Bertz CT molecular complexity index is 571. The van der Waals surface area contributed by atoms with Gasteiger partial charge >= 0.3 is 12.1 Å². The van der Waals surface area contributed by atoms with E-state index in [-0.39, 0.29) is 36.9 Å². The molecular formula is C14H18F3N3O3. The first-order valence-electron chi connectivity index (χ1n) is 7.33. The van der Waals surface area contributed by atoms with E-state index in [0.717, 1.165) is 0 Å². The zero-order valence-electron chi connectivity index (χ0n) is 12.6. The molecule has 6 nitrogen and oxygen atoms in total. The summed E-state index contributed by atoms with van der Waals surface area (Å²) >= 11 is 0. The fourth-order valence-electron chi connectivity index (χ4n) is 2.56. The first-order valence-corrected chi connectivity index (χ1v) is 7.33. The zero-order chi connectivity index (χ0) is 17.0. The topological polar surface area (TPSA) is 88.2 Å². The summed E-state index contributed by atoms with van der Waals surface area (Å²) in [6, 6.07) is -0.804. The lowest BCUT2D eigenvalue weighted by molar-refractivity contribution is -0.176. The maximum atomic E-state index is 12.9. The lowest BCUT2D eigenvalue weighted by Crippen LogP contribution is -2.36. The summed E-state index contributed by atoms with van der Waals surface area (Å²) in [6.07, 6.45) is -2.49. The van der Waals surface area contributed by atoms with Crippen molar-refractivity contribution in [2.75, 3.05) is 6.61 Å². The van der Waals surface area contributed by atoms with Crippen LogP contribution >= 0.6 is 0 Å². The smallest absolute Gasteiger partial charge is 0.394 e. The minimum atomic E-state index is -4.32. The molecule has 1 aromatic heterocycles. The van der Waals surface area contributed by atoms with Gasteiger partial charge in [0.15, 0.2) is 11.6 Å². The number of amidine groups is 1. The fraction of sp³-hybridized carbons (Fsp3) is 0.643. The van der Waals surface area contributed by atoms with Crippen molar-refractivity contribution < 1.29 is 27.1 Å². The van der Waals surface area contributed by atoms with Crippen LogP contribution in [-0.2, 0) is 11.2 Å². The number of alkyl halides is 3. The van der Waals surface area contributed by atoms with E-state index in [9.17, 15) is 18.0 Å². The number of aromatic nitrogens is 1. The number of ether oxygens (including phenoxy) is 1. The maximum absolute atomic E-state index is 12.9. The Morgan fingerprint density at radius 1 is 1.57 bits per heavy atom. The van der Waals surface area contributed by atoms with Gasteiger partial charge in [0.2, 0.25) is 0 Å². The Morgan fingerprint density at radius 2 is 2.30 bits per heavy atom. The zero-order valence-corrected chi connectivity index (χ0v) is 12.6. The van der Waals surface area contributed by atoms with Gasteiger partial charge in [-0.05, 0) is 19.8 Å². The number of oxazole rings is 1. The molecule has 1 aromatic rings. The minimum absolute atomic E-state index is 0.0517. The van der Waals surface area contributed by atoms with Gasteiger partial charge in [-0.25, -0.2) is 9.78 Å². The van der Waals surface area contributed by atoms with E-state index in [1.165, 1.54) is 6.26 Å². The lowest BCUT2D eigenvalue weighted by Gasteiger charge is -2.21. The molecule has 0 spiro atoms. The van der Waals surface area contributed by atoms with Crippen molar-refractivity contribution >= 4 is 11.8 Å². The predicted octanol–water partition coefficient (Wildman–Crippen LogP) is 2.69. The van der Waals surface area contributed by atoms with Crippen LogP contribution in [0.4, 0.5) is 13.2 Å². The summed E-state index contributed by atoms with van der Waals surface area (Å²) in [5.74, 6) is -1.93. The van der Waals surface area contributed by atoms with Crippen molar-refractivity contribution in [3.63, 3.8) is 0 Å².